The second-order valence-corrected chi connectivity index (χ2v) is 6.16. The van der Waals surface area contributed by atoms with Crippen molar-refractivity contribution in [2.45, 2.75) is 32.8 Å². The zero-order valence-corrected chi connectivity index (χ0v) is 14.7. The maximum Gasteiger partial charge on any atom is 0.137 e. The summed E-state index contributed by atoms with van der Waals surface area (Å²) in [4.78, 5) is 8.62. The molecule has 0 saturated carbocycles. The van der Waals surface area contributed by atoms with Gasteiger partial charge in [-0.2, -0.15) is 0 Å². The van der Waals surface area contributed by atoms with E-state index in [1.54, 1.807) is 6.33 Å². The Labute approximate surface area is 148 Å². The first-order valence-electron chi connectivity index (χ1n) is 8.65. The lowest BCUT2D eigenvalue weighted by molar-refractivity contribution is 0.217. The molecule has 5 heteroatoms. The summed E-state index contributed by atoms with van der Waals surface area (Å²) in [5.74, 6) is 1.73. The number of rotatable bonds is 7. The van der Waals surface area contributed by atoms with Crippen LogP contribution in [0.2, 0.25) is 0 Å². The molecule has 25 heavy (non-hydrogen) atoms. The number of benzene rings is 2. The molecule has 0 aliphatic carbocycles. The second-order valence-electron chi connectivity index (χ2n) is 6.16. The van der Waals surface area contributed by atoms with Crippen LogP contribution in [0.5, 0.6) is 5.75 Å². The molecule has 2 aromatic carbocycles. The molecular weight excluding hydrogens is 312 g/mol. The van der Waals surface area contributed by atoms with Gasteiger partial charge in [0, 0.05) is 17.6 Å². The first-order chi connectivity index (χ1) is 12.2. The lowest BCUT2D eigenvalue weighted by Crippen LogP contribution is -2.10. The number of anilines is 2. The highest BCUT2D eigenvalue weighted by Crippen LogP contribution is 2.22. The molecule has 0 spiro atoms. The fourth-order valence-corrected chi connectivity index (χ4v) is 2.63. The van der Waals surface area contributed by atoms with Gasteiger partial charge in [-0.3, -0.25) is 0 Å². The third-order valence-electron chi connectivity index (χ3n) is 4.18. The Hall–Kier alpha value is -2.82. The average molecular weight is 336 g/mol. The SMILES string of the molecule is CCC(C)Oc1cccc(CCNc2ncnc3ccc(N)cc23)c1. The van der Waals surface area contributed by atoms with E-state index in [4.69, 9.17) is 10.5 Å². The predicted octanol–water partition coefficient (Wildman–Crippen LogP) is 4.04. The van der Waals surface area contributed by atoms with Crippen LogP contribution in [0.25, 0.3) is 10.9 Å². The molecule has 1 atom stereocenters. The van der Waals surface area contributed by atoms with E-state index >= 15 is 0 Å². The van der Waals surface area contributed by atoms with Gasteiger partial charge in [0.2, 0.25) is 0 Å². The van der Waals surface area contributed by atoms with Crippen molar-refractivity contribution in [2.24, 2.45) is 0 Å². The van der Waals surface area contributed by atoms with Crippen LogP contribution in [-0.4, -0.2) is 22.6 Å². The lowest BCUT2D eigenvalue weighted by atomic mass is 10.1. The van der Waals surface area contributed by atoms with Crippen molar-refractivity contribution < 1.29 is 4.74 Å². The van der Waals surface area contributed by atoms with E-state index in [0.29, 0.717) is 5.69 Å². The van der Waals surface area contributed by atoms with Crippen molar-refractivity contribution in [3.8, 4) is 5.75 Å². The molecule has 3 aromatic rings. The number of nitrogen functional groups attached to an aromatic ring is 1. The highest BCUT2D eigenvalue weighted by atomic mass is 16.5. The molecule has 3 rings (SSSR count). The summed E-state index contributed by atoms with van der Waals surface area (Å²) in [7, 11) is 0. The minimum Gasteiger partial charge on any atom is -0.491 e. The largest absolute Gasteiger partial charge is 0.491 e. The number of nitrogens with two attached hydrogens (primary N) is 1. The van der Waals surface area contributed by atoms with Gasteiger partial charge < -0.3 is 15.8 Å². The fraction of sp³-hybridized carbons (Fsp3) is 0.300. The van der Waals surface area contributed by atoms with Crippen LogP contribution in [-0.2, 0) is 6.42 Å². The van der Waals surface area contributed by atoms with E-state index in [0.717, 1.165) is 41.9 Å². The van der Waals surface area contributed by atoms with Gasteiger partial charge >= 0.3 is 0 Å². The number of aromatic nitrogens is 2. The highest BCUT2D eigenvalue weighted by molar-refractivity contribution is 5.91. The molecule has 3 N–H and O–H groups in total. The van der Waals surface area contributed by atoms with Gasteiger partial charge in [0.25, 0.3) is 0 Å². The van der Waals surface area contributed by atoms with Crippen LogP contribution in [0.3, 0.4) is 0 Å². The molecule has 1 aromatic heterocycles. The molecule has 0 fully saturated rings. The van der Waals surface area contributed by atoms with Crippen molar-refractivity contribution >= 4 is 22.4 Å². The Kier molecular flexibility index (Phi) is 5.33. The van der Waals surface area contributed by atoms with Crippen LogP contribution in [0.4, 0.5) is 11.5 Å². The van der Waals surface area contributed by atoms with E-state index in [9.17, 15) is 0 Å². The standard InChI is InChI=1S/C20H24N4O/c1-3-14(2)25-17-6-4-5-15(11-17)9-10-22-20-18-12-16(21)7-8-19(18)23-13-24-20/h4-8,11-14H,3,9-10,21H2,1-2H3,(H,22,23,24). The van der Waals surface area contributed by atoms with Crippen molar-refractivity contribution in [3.05, 3.63) is 54.4 Å². The zero-order valence-electron chi connectivity index (χ0n) is 14.7. The maximum atomic E-state index is 5.88. The number of nitrogens with one attached hydrogen (secondary N) is 1. The van der Waals surface area contributed by atoms with E-state index < -0.39 is 0 Å². The number of ether oxygens (including phenoxy) is 1. The Morgan fingerprint density at radius 3 is 2.88 bits per heavy atom. The van der Waals surface area contributed by atoms with Crippen LogP contribution in [0.1, 0.15) is 25.8 Å². The molecule has 0 bridgehead atoms. The molecule has 0 saturated heterocycles. The minimum absolute atomic E-state index is 0.228. The summed E-state index contributed by atoms with van der Waals surface area (Å²) < 4.78 is 5.88. The number of nitrogens with zero attached hydrogens (tertiary/aromatic N) is 2. The van der Waals surface area contributed by atoms with Crippen molar-refractivity contribution in [1.82, 2.24) is 9.97 Å². The van der Waals surface area contributed by atoms with Crippen molar-refractivity contribution in [3.63, 3.8) is 0 Å². The third kappa shape index (κ3) is 4.38. The van der Waals surface area contributed by atoms with Gasteiger partial charge in [-0.15, -0.1) is 0 Å². The smallest absolute Gasteiger partial charge is 0.137 e. The third-order valence-corrected chi connectivity index (χ3v) is 4.18. The molecule has 5 nitrogen and oxygen atoms in total. The summed E-state index contributed by atoms with van der Waals surface area (Å²) in [6.07, 6.45) is 3.68. The van der Waals surface area contributed by atoms with Crippen LogP contribution >= 0.6 is 0 Å². The topological polar surface area (TPSA) is 73.1 Å². The molecule has 0 aliphatic rings. The maximum absolute atomic E-state index is 5.88. The first kappa shape index (κ1) is 17.0. The molecule has 130 valence electrons. The molecular formula is C20H24N4O. The Morgan fingerprint density at radius 1 is 1.16 bits per heavy atom. The molecule has 0 aliphatic heterocycles. The van der Waals surface area contributed by atoms with Gasteiger partial charge in [0.15, 0.2) is 0 Å². The van der Waals surface area contributed by atoms with Crippen molar-refractivity contribution in [1.29, 1.82) is 0 Å². The van der Waals surface area contributed by atoms with E-state index in [-0.39, 0.29) is 6.10 Å². The fourth-order valence-electron chi connectivity index (χ4n) is 2.63. The van der Waals surface area contributed by atoms with Gasteiger partial charge in [-0.1, -0.05) is 19.1 Å². The Bertz CT molecular complexity index is 850. The predicted molar refractivity (Wildman–Crippen MR) is 103 cm³/mol. The number of hydrogen-bond donors (Lipinski definition) is 2. The average Bonchev–Trinajstić information content (AvgIpc) is 2.62. The number of hydrogen-bond acceptors (Lipinski definition) is 5. The van der Waals surface area contributed by atoms with Gasteiger partial charge in [0.05, 0.1) is 11.6 Å². The summed E-state index contributed by atoms with van der Waals surface area (Å²) in [6, 6.07) is 13.9. The summed E-state index contributed by atoms with van der Waals surface area (Å²) in [5, 5.41) is 4.33. The van der Waals surface area contributed by atoms with E-state index in [2.05, 4.69) is 41.3 Å². The Balaban J connectivity index is 1.65. The molecule has 0 amide bonds. The van der Waals surface area contributed by atoms with Crippen LogP contribution in [0, 0.1) is 0 Å². The van der Waals surface area contributed by atoms with Crippen molar-refractivity contribution in [2.75, 3.05) is 17.6 Å². The summed E-state index contributed by atoms with van der Waals surface area (Å²) >= 11 is 0. The second kappa shape index (κ2) is 7.83. The quantitative estimate of drug-likeness (QED) is 0.637. The summed E-state index contributed by atoms with van der Waals surface area (Å²) in [5.41, 5.74) is 8.70. The lowest BCUT2D eigenvalue weighted by Gasteiger charge is -2.13. The first-order valence-corrected chi connectivity index (χ1v) is 8.65. The molecule has 1 heterocycles. The van der Waals surface area contributed by atoms with Gasteiger partial charge in [-0.25, -0.2) is 9.97 Å². The van der Waals surface area contributed by atoms with Gasteiger partial charge in [0.1, 0.15) is 17.9 Å². The van der Waals surface area contributed by atoms with E-state index in [1.807, 2.05) is 30.3 Å². The van der Waals surface area contributed by atoms with E-state index in [1.165, 1.54) is 5.56 Å². The van der Waals surface area contributed by atoms with Crippen LogP contribution < -0.4 is 15.8 Å². The summed E-state index contributed by atoms with van der Waals surface area (Å²) in [6.45, 7) is 4.98. The minimum atomic E-state index is 0.228. The molecule has 0 radical (unpaired) electrons. The Morgan fingerprint density at radius 2 is 2.04 bits per heavy atom. The monoisotopic (exact) mass is 336 g/mol. The number of fused-ring (bicyclic) bond motifs is 1. The normalized spacial score (nSPS) is 12.1. The van der Waals surface area contributed by atoms with Gasteiger partial charge in [-0.05, 0) is 55.7 Å². The zero-order chi connectivity index (χ0) is 17.6. The van der Waals surface area contributed by atoms with Crippen LogP contribution in [0.15, 0.2) is 48.8 Å². The highest BCUT2D eigenvalue weighted by Gasteiger charge is 2.05. The molecule has 1 unspecified atom stereocenters.